The first-order valence-electron chi connectivity index (χ1n) is 6.39. The minimum atomic E-state index is -0.634. The van der Waals surface area contributed by atoms with E-state index in [0.29, 0.717) is 18.7 Å². The number of cyclic esters (lactones) is 1. The molecule has 0 aliphatic carbocycles. The van der Waals surface area contributed by atoms with Gasteiger partial charge in [0.05, 0.1) is 23.1 Å². The number of aryl methyl sites for hydroxylation is 1. The maximum Gasteiger partial charge on any atom is 0.311 e. The summed E-state index contributed by atoms with van der Waals surface area (Å²) in [5.74, 6) is -1.64. The summed E-state index contributed by atoms with van der Waals surface area (Å²) in [4.78, 5) is 25.4. The number of fused-ring (bicyclic) bond motifs is 1. The van der Waals surface area contributed by atoms with Crippen LogP contribution in [0.1, 0.15) is 15.9 Å². The van der Waals surface area contributed by atoms with E-state index in [4.69, 9.17) is 16.3 Å². The molecule has 4 nitrogen and oxygen atoms in total. The van der Waals surface area contributed by atoms with Crippen LogP contribution < -0.4 is 0 Å². The topological polar surface area (TPSA) is 46.6 Å². The van der Waals surface area contributed by atoms with Gasteiger partial charge in [-0.25, -0.2) is 4.39 Å². The number of hydrogen-bond donors (Lipinski definition) is 0. The molecule has 2 saturated heterocycles. The van der Waals surface area contributed by atoms with Crippen molar-refractivity contribution in [3.05, 3.63) is 34.1 Å². The predicted octanol–water partition coefficient (Wildman–Crippen LogP) is 2.03. The predicted molar refractivity (Wildman–Crippen MR) is 70.0 cm³/mol. The molecular formula is C14H13ClFNO3. The van der Waals surface area contributed by atoms with Crippen molar-refractivity contribution in [2.24, 2.45) is 11.8 Å². The molecule has 2 aliphatic rings. The number of halogens is 2. The number of nitrogens with zero attached hydrogens (tertiary/aromatic N) is 1. The number of amides is 1. The SMILES string of the molecule is Cc1ccc(F)c(C(=O)N2C[C@@H]3COC(=O)[C@@H]3C2)c1Cl. The molecule has 0 spiro atoms. The van der Waals surface area contributed by atoms with E-state index in [1.54, 1.807) is 6.92 Å². The highest BCUT2D eigenvalue weighted by molar-refractivity contribution is 6.34. The molecule has 2 fully saturated rings. The van der Waals surface area contributed by atoms with Gasteiger partial charge in [-0.05, 0) is 18.6 Å². The highest BCUT2D eigenvalue weighted by Gasteiger charge is 2.46. The van der Waals surface area contributed by atoms with E-state index in [-0.39, 0.29) is 34.9 Å². The fraction of sp³-hybridized carbons (Fsp3) is 0.429. The normalized spacial score (nSPS) is 24.8. The van der Waals surface area contributed by atoms with Gasteiger partial charge in [-0.2, -0.15) is 0 Å². The first-order valence-corrected chi connectivity index (χ1v) is 6.77. The summed E-state index contributed by atoms with van der Waals surface area (Å²) in [7, 11) is 0. The molecule has 2 aliphatic heterocycles. The lowest BCUT2D eigenvalue weighted by Gasteiger charge is -2.19. The number of carbonyl (C=O) groups excluding carboxylic acids is 2. The van der Waals surface area contributed by atoms with Gasteiger partial charge in [-0.3, -0.25) is 9.59 Å². The Labute approximate surface area is 120 Å². The summed E-state index contributed by atoms with van der Waals surface area (Å²) in [6.45, 7) is 2.72. The fourth-order valence-corrected chi connectivity index (χ4v) is 3.01. The van der Waals surface area contributed by atoms with E-state index in [2.05, 4.69) is 0 Å². The van der Waals surface area contributed by atoms with Crippen molar-refractivity contribution in [1.29, 1.82) is 0 Å². The number of benzene rings is 1. The van der Waals surface area contributed by atoms with E-state index >= 15 is 0 Å². The summed E-state index contributed by atoms with van der Waals surface area (Å²) < 4.78 is 18.8. The van der Waals surface area contributed by atoms with Gasteiger partial charge in [0.1, 0.15) is 5.82 Å². The number of hydrogen-bond acceptors (Lipinski definition) is 3. The van der Waals surface area contributed by atoms with Crippen LogP contribution in [0.4, 0.5) is 4.39 Å². The summed E-state index contributed by atoms with van der Waals surface area (Å²) in [6, 6.07) is 2.77. The zero-order chi connectivity index (χ0) is 14.4. The Morgan fingerprint density at radius 2 is 2.20 bits per heavy atom. The summed E-state index contributed by atoms with van der Waals surface area (Å²) in [5.41, 5.74) is 0.537. The number of carbonyl (C=O) groups is 2. The monoisotopic (exact) mass is 297 g/mol. The van der Waals surface area contributed by atoms with Crippen molar-refractivity contribution in [2.45, 2.75) is 6.92 Å². The first kappa shape index (κ1) is 13.4. The average Bonchev–Trinajstić information content (AvgIpc) is 2.97. The number of likely N-dealkylation sites (tertiary alicyclic amines) is 1. The Morgan fingerprint density at radius 1 is 1.45 bits per heavy atom. The Hall–Kier alpha value is -1.62. The Morgan fingerprint density at radius 3 is 2.90 bits per heavy atom. The average molecular weight is 298 g/mol. The van der Waals surface area contributed by atoms with Gasteiger partial charge in [-0.1, -0.05) is 17.7 Å². The van der Waals surface area contributed by atoms with E-state index in [9.17, 15) is 14.0 Å². The molecule has 1 aromatic carbocycles. The van der Waals surface area contributed by atoms with Gasteiger partial charge in [0.25, 0.3) is 5.91 Å². The molecule has 0 unspecified atom stereocenters. The third-order valence-corrected chi connectivity index (χ3v) is 4.46. The highest BCUT2D eigenvalue weighted by Crippen LogP contribution is 2.33. The van der Waals surface area contributed by atoms with Crippen molar-refractivity contribution in [3.63, 3.8) is 0 Å². The lowest BCUT2D eigenvalue weighted by atomic mass is 10.0. The molecule has 20 heavy (non-hydrogen) atoms. The highest BCUT2D eigenvalue weighted by atomic mass is 35.5. The Kier molecular flexibility index (Phi) is 3.17. The van der Waals surface area contributed by atoms with Gasteiger partial charge in [-0.15, -0.1) is 0 Å². The molecule has 2 atom stereocenters. The van der Waals surface area contributed by atoms with E-state index in [1.807, 2.05) is 0 Å². The molecular weight excluding hydrogens is 285 g/mol. The second-order valence-electron chi connectivity index (χ2n) is 5.26. The summed E-state index contributed by atoms with van der Waals surface area (Å²) in [5, 5.41) is 0.134. The Bertz CT molecular complexity index is 604. The largest absolute Gasteiger partial charge is 0.465 e. The molecule has 0 bridgehead atoms. The van der Waals surface area contributed by atoms with E-state index in [0.717, 1.165) is 0 Å². The second kappa shape index (κ2) is 4.74. The Balaban J connectivity index is 1.88. The third kappa shape index (κ3) is 1.97. The third-order valence-electron chi connectivity index (χ3n) is 3.97. The number of rotatable bonds is 1. The van der Waals surface area contributed by atoms with E-state index < -0.39 is 11.7 Å². The van der Waals surface area contributed by atoms with Crippen LogP contribution in [0.2, 0.25) is 5.02 Å². The molecule has 6 heteroatoms. The maximum absolute atomic E-state index is 13.9. The zero-order valence-corrected chi connectivity index (χ0v) is 11.6. The minimum Gasteiger partial charge on any atom is -0.465 e. The number of ether oxygens (including phenoxy) is 1. The number of esters is 1. The van der Waals surface area contributed by atoms with Gasteiger partial charge in [0, 0.05) is 19.0 Å². The van der Waals surface area contributed by atoms with Crippen LogP contribution in [0.15, 0.2) is 12.1 Å². The lowest BCUT2D eigenvalue weighted by Crippen LogP contribution is -2.31. The van der Waals surface area contributed by atoms with Crippen molar-refractivity contribution < 1.29 is 18.7 Å². The van der Waals surface area contributed by atoms with Gasteiger partial charge in [0.15, 0.2) is 0 Å². The minimum absolute atomic E-state index is 0.0121. The maximum atomic E-state index is 13.9. The van der Waals surface area contributed by atoms with Crippen LogP contribution in [0.5, 0.6) is 0 Å². The second-order valence-corrected chi connectivity index (χ2v) is 5.64. The fourth-order valence-electron chi connectivity index (χ4n) is 2.78. The molecule has 0 radical (unpaired) electrons. The quantitative estimate of drug-likeness (QED) is 0.745. The molecule has 0 N–H and O–H groups in total. The molecule has 2 heterocycles. The molecule has 106 valence electrons. The molecule has 1 aromatic rings. The first-order chi connectivity index (χ1) is 9.49. The van der Waals surface area contributed by atoms with Crippen molar-refractivity contribution in [3.8, 4) is 0 Å². The summed E-state index contributed by atoms with van der Waals surface area (Å²) in [6.07, 6.45) is 0. The molecule has 3 rings (SSSR count). The van der Waals surface area contributed by atoms with Gasteiger partial charge < -0.3 is 9.64 Å². The zero-order valence-electron chi connectivity index (χ0n) is 10.9. The van der Waals surface area contributed by atoms with Crippen molar-refractivity contribution in [2.75, 3.05) is 19.7 Å². The standard InChI is InChI=1S/C14H13ClFNO3/c1-7-2-3-10(16)11(12(7)15)13(18)17-4-8-6-20-14(19)9(8)5-17/h2-3,8-9H,4-6H2,1H3/t8-,9-/m1/s1. The van der Waals surface area contributed by atoms with Crippen LogP contribution in [0.25, 0.3) is 0 Å². The molecule has 1 amide bonds. The van der Waals surface area contributed by atoms with Crippen LogP contribution in [-0.4, -0.2) is 36.5 Å². The smallest absolute Gasteiger partial charge is 0.311 e. The van der Waals surface area contributed by atoms with Crippen LogP contribution in [0, 0.1) is 24.6 Å². The van der Waals surface area contributed by atoms with E-state index in [1.165, 1.54) is 17.0 Å². The molecule has 0 aromatic heterocycles. The van der Waals surface area contributed by atoms with Crippen LogP contribution >= 0.6 is 11.6 Å². The van der Waals surface area contributed by atoms with Gasteiger partial charge >= 0.3 is 5.97 Å². The van der Waals surface area contributed by atoms with Crippen molar-refractivity contribution in [1.82, 2.24) is 4.90 Å². The van der Waals surface area contributed by atoms with Crippen molar-refractivity contribution >= 4 is 23.5 Å². The molecule has 0 saturated carbocycles. The lowest BCUT2D eigenvalue weighted by molar-refractivity contribution is -0.141. The van der Waals surface area contributed by atoms with Gasteiger partial charge in [0.2, 0.25) is 0 Å². The van der Waals surface area contributed by atoms with Crippen LogP contribution in [0.3, 0.4) is 0 Å². The van der Waals surface area contributed by atoms with Crippen LogP contribution in [-0.2, 0) is 9.53 Å². The summed E-state index contributed by atoms with van der Waals surface area (Å²) >= 11 is 6.04.